The summed E-state index contributed by atoms with van der Waals surface area (Å²) >= 11 is 1.79. The van der Waals surface area contributed by atoms with E-state index in [4.69, 9.17) is 0 Å². The first kappa shape index (κ1) is 16.9. The van der Waals surface area contributed by atoms with Crippen LogP contribution in [0, 0.1) is 0 Å². The number of rotatable bonds is 6. The van der Waals surface area contributed by atoms with Gasteiger partial charge in [-0.15, -0.1) is 11.3 Å². The number of carbonyl (C=O) groups excluding carboxylic acids is 1. The van der Waals surface area contributed by atoms with E-state index in [-0.39, 0.29) is 5.91 Å². The van der Waals surface area contributed by atoms with Gasteiger partial charge in [0.05, 0.1) is 5.56 Å². The van der Waals surface area contributed by atoms with Gasteiger partial charge < -0.3 is 10.2 Å². The molecule has 128 valence electrons. The van der Waals surface area contributed by atoms with E-state index in [1.54, 1.807) is 23.7 Å². The zero-order chi connectivity index (χ0) is 16.8. The summed E-state index contributed by atoms with van der Waals surface area (Å²) in [6, 6.07) is 4.58. The van der Waals surface area contributed by atoms with Crippen molar-refractivity contribution in [3.05, 3.63) is 40.3 Å². The Balaban J connectivity index is 1.66. The van der Waals surface area contributed by atoms with Gasteiger partial charge in [0.1, 0.15) is 0 Å². The number of piperidine rings is 1. The first-order valence-corrected chi connectivity index (χ1v) is 9.55. The molecule has 1 aliphatic rings. The van der Waals surface area contributed by atoms with Crippen molar-refractivity contribution in [2.24, 2.45) is 0 Å². The predicted octanol–water partition coefficient (Wildman–Crippen LogP) is 3.60. The van der Waals surface area contributed by atoms with Crippen molar-refractivity contribution in [1.29, 1.82) is 0 Å². The molecule has 1 N–H and O–H groups in total. The largest absolute Gasteiger partial charge is 0.355 e. The second-order valence-corrected chi connectivity index (χ2v) is 7.12. The second kappa shape index (κ2) is 8.24. The van der Waals surface area contributed by atoms with E-state index in [2.05, 4.69) is 32.8 Å². The summed E-state index contributed by atoms with van der Waals surface area (Å²) in [5.41, 5.74) is 0.583. The number of amides is 1. The average Bonchev–Trinajstić information content (AvgIpc) is 3.14. The van der Waals surface area contributed by atoms with Gasteiger partial charge in [-0.25, -0.2) is 9.97 Å². The topological polar surface area (TPSA) is 58.1 Å². The molecule has 1 aliphatic heterocycles. The van der Waals surface area contributed by atoms with Crippen LogP contribution in [0.3, 0.4) is 0 Å². The number of hydrogen-bond donors (Lipinski definition) is 1. The van der Waals surface area contributed by atoms with Crippen LogP contribution in [0.5, 0.6) is 0 Å². The molecule has 1 saturated heterocycles. The van der Waals surface area contributed by atoms with Gasteiger partial charge in [-0.3, -0.25) is 4.79 Å². The Bertz CT molecular complexity index is 642. The number of carbonyl (C=O) groups is 1. The Labute approximate surface area is 147 Å². The molecule has 0 bridgehead atoms. The Hall–Kier alpha value is -1.95. The van der Waals surface area contributed by atoms with Gasteiger partial charge in [0, 0.05) is 36.4 Å². The molecule has 0 radical (unpaired) electrons. The Morgan fingerprint density at radius 2 is 2.21 bits per heavy atom. The zero-order valence-corrected chi connectivity index (χ0v) is 14.9. The van der Waals surface area contributed by atoms with E-state index in [0.29, 0.717) is 17.6 Å². The minimum absolute atomic E-state index is 0.0638. The number of nitrogens with one attached hydrogen (secondary N) is 1. The summed E-state index contributed by atoms with van der Waals surface area (Å²) in [4.78, 5) is 24.7. The lowest BCUT2D eigenvalue weighted by atomic mass is 9.97. The quantitative estimate of drug-likeness (QED) is 0.870. The number of aromatic nitrogens is 2. The third-order valence-electron chi connectivity index (χ3n) is 4.43. The minimum Gasteiger partial charge on any atom is -0.355 e. The van der Waals surface area contributed by atoms with Crippen molar-refractivity contribution in [2.45, 2.75) is 45.1 Å². The van der Waals surface area contributed by atoms with Crippen LogP contribution in [0.25, 0.3) is 0 Å². The standard InChI is InChI=1S/C18H24N4OS/c1-2-19-18-20-12-14(13-21-18)17(23)22-10-4-3-6-15(22)8-9-16-7-5-11-24-16/h5,7,11-13,15H,2-4,6,8-10H2,1H3,(H,19,20,21)/t15-/m1/s1. The van der Waals surface area contributed by atoms with Crippen LogP contribution in [0.2, 0.25) is 0 Å². The van der Waals surface area contributed by atoms with Crippen LogP contribution in [0.4, 0.5) is 5.95 Å². The van der Waals surface area contributed by atoms with Crippen LogP contribution < -0.4 is 5.32 Å². The summed E-state index contributed by atoms with van der Waals surface area (Å²) in [6.45, 7) is 3.60. The molecule has 2 aromatic rings. The van der Waals surface area contributed by atoms with Crippen molar-refractivity contribution >= 4 is 23.2 Å². The fraction of sp³-hybridized carbons (Fsp3) is 0.500. The van der Waals surface area contributed by atoms with Crippen LogP contribution in [-0.2, 0) is 6.42 Å². The molecule has 24 heavy (non-hydrogen) atoms. The highest BCUT2D eigenvalue weighted by atomic mass is 32.1. The normalized spacial score (nSPS) is 17.7. The first-order valence-electron chi connectivity index (χ1n) is 8.67. The van der Waals surface area contributed by atoms with Gasteiger partial charge in [0.2, 0.25) is 5.95 Å². The fourth-order valence-corrected chi connectivity index (χ4v) is 3.91. The molecule has 5 nitrogen and oxygen atoms in total. The summed E-state index contributed by atoms with van der Waals surface area (Å²) in [6.07, 6.45) is 8.72. The summed E-state index contributed by atoms with van der Waals surface area (Å²) < 4.78 is 0. The van der Waals surface area contributed by atoms with Gasteiger partial charge in [0.15, 0.2) is 0 Å². The maximum Gasteiger partial charge on any atom is 0.257 e. The minimum atomic E-state index is 0.0638. The van der Waals surface area contributed by atoms with Gasteiger partial charge in [-0.05, 0) is 50.5 Å². The van der Waals surface area contributed by atoms with Crippen LogP contribution in [-0.4, -0.2) is 39.9 Å². The molecule has 1 atom stereocenters. The molecule has 6 heteroatoms. The molecule has 0 unspecified atom stereocenters. The molecule has 1 fully saturated rings. The van der Waals surface area contributed by atoms with Crippen molar-refractivity contribution < 1.29 is 4.79 Å². The van der Waals surface area contributed by atoms with Crippen molar-refractivity contribution in [3.8, 4) is 0 Å². The van der Waals surface area contributed by atoms with E-state index < -0.39 is 0 Å². The Kier molecular flexibility index (Phi) is 5.80. The molecule has 0 spiro atoms. The second-order valence-electron chi connectivity index (χ2n) is 6.09. The third-order valence-corrected chi connectivity index (χ3v) is 5.36. The van der Waals surface area contributed by atoms with E-state index in [1.165, 1.54) is 11.3 Å². The predicted molar refractivity (Wildman–Crippen MR) is 97.5 cm³/mol. The van der Waals surface area contributed by atoms with Gasteiger partial charge in [-0.2, -0.15) is 0 Å². The van der Waals surface area contributed by atoms with Gasteiger partial charge >= 0.3 is 0 Å². The fourth-order valence-electron chi connectivity index (χ4n) is 3.19. The van der Waals surface area contributed by atoms with Crippen molar-refractivity contribution in [3.63, 3.8) is 0 Å². The summed E-state index contributed by atoms with van der Waals surface area (Å²) in [5.74, 6) is 0.635. The van der Waals surface area contributed by atoms with Crippen LogP contribution in [0.15, 0.2) is 29.9 Å². The molecule has 2 aromatic heterocycles. The SMILES string of the molecule is CCNc1ncc(C(=O)N2CCCC[C@@H]2CCc2cccs2)cn1. The lowest BCUT2D eigenvalue weighted by Gasteiger charge is -2.35. The average molecular weight is 344 g/mol. The Morgan fingerprint density at radius 3 is 2.92 bits per heavy atom. The summed E-state index contributed by atoms with van der Waals surface area (Å²) in [7, 11) is 0. The molecule has 1 amide bonds. The van der Waals surface area contributed by atoms with Crippen molar-refractivity contribution in [1.82, 2.24) is 14.9 Å². The van der Waals surface area contributed by atoms with Gasteiger partial charge in [0.25, 0.3) is 5.91 Å². The monoisotopic (exact) mass is 344 g/mol. The number of aryl methyl sites for hydroxylation is 1. The number of thiophene rings is 1. The van der Waals surface area contributed by atoms with Crippen LogP contribution >= 0.6 is 11.3 Å². The highest BCUT2D eigenvalue weighted by Gasteiger charge is 2.27. The maximum atomic E-state index is 12.9. The summed E-state index contributed by atoms with van der Waals surface area (Å²) in [5, 5.41) is 5.17. The molecule has 0 aliphatic carbocycles. The van der Waals surface area contributed by atoms with E-state index in [1.807, 2.05) is 11.8 Å². The van der Waals surface area contributed by atoms with Gasteiger partial charge in [-0.1, -0.05) is 6.07 Å². The molecule has 0 aromatic carbocycles. The van der Waals surface area contributed by atoms with Crippen molar-refractivity contribution in [2.75, 3.05) is 18.4 Å². The Morgan fingerprint density at radius 1 is 1.38 bits per heavy atom. The zero-order valence-electron chi connectivity index (χ0n) is 14.1. The van der Waals surface area contributed by atoms with Crippen LogP contribution in [0.1, 0.15) is 47.8 Å². The molecule has 3 rings (SSSR count). The smallest absolute Gasteiger partial charge is 0.257 e. The van der Waals surface area contributed by atoms with E-state index in [9.17, 15) is 4.79 Å². The maximum absolute atomic E-state index is 12.9. The van der Waals surface area contributed by atoms with E-state index in [0.717, 1.165) is 38.8 Å². The number of anilines is 1. The number of likely N-dealkylation sites (tertiary alicyclic amines) is 1. The molecule has 0 saturated carbocycles. The highest BCUT2D eigenvalue weighted by Crippen LogP contribution is 2.24. The molecule has 3 heterocycles. The molecular formula is C18H24N4OS. The van der Waals surface area contributed by atoms with E-state index >= 15 is 0 Å². The molecular weight excluding hydrogens is 320 g/mol. The number of nitrogens with zero attached hydrogens (tertiary/aromatic N) is 3. The lowest BCUT2D eigenvalue weighted by molar-refractivity contribution is 0.0601. The lowest BCUT2D eigenvalue weighted by Crippen LogP contribution is -2.44. The number of hydrogen-bond acceptors (Lipinski definition) is 5. The first-order chi connectivity index (χ1) is 11.8. The highest BCUT2D eigenvalue weighted by molar-refractivity contribution is 7.09. The third kappa shape index (κ3) is 4.12.